The van der Waals surface area contributed by atoms with Crippen LogP contribution >= 0.6 is 11.3 Å². The quantitative estimate of drug-likeness (QED) is 0.166. The van der Waals surface area contributed by atoms with Crippen LogP contribution in [0.15, 0.2) is 42.5 Å². The molecule has 10 nitrogen and oxygen atoms in total. The lowest BCUT2D eigenvalue weighted by Gasteiger charge is -2.27. The lowest BCUT2D eigenvalue weighted by molar-refractivity contribution is -0.384. The van der Waals surface area contributed by atoms with Crippen LogP contribution < -0.4 is 4.90 Å². The zero-order valence-corrected chi connectivity index (χ0v) is 23.4. The summed E-state index contributed by atoms with van der Waals surface area (Å²) in [5.41, 5.74) is 0.634. The zero-order chi connectivity index (χ0) is 29.5. The molecule has 0 radical (unpaired) electrons. The Morgan fingerprint density at radius 2 is 1.66 bits per heavy atom. The number of carbonyl (C=O) groups excluding carboxylic acids is 2. The summed E-state index contributed by atoms with van der Waals surface area (Å²) in [7, 11) is 0. The molecule has 0 atom stereocenters. The van der Waals surface area contributed by atoms with E-state index in [1.807, 2.05) is 0 Å². The van der Waals surface area contributed by atoms with Crippen molar-refractivity contribution in [1.82, 2.24) is 4.90 Å². The van der Waals surface area contributed by atoms with Crippen LogP contribution in [0.2, 0.25) is 0 Å². The van der Waals surface area contributed by atoms with Crippen molar-refractivity contribution in [1.29, 1.82) is 0 Å². The third-order valence-electron chi connectivity index (χ3n) is 6.41. The average Bonchev–Trinajstić information content (AvgIpc) is 3.32. The number of nitro groups is 1. The number of esters is 1. The predicted octanol–water partition coefficient (Wildman–Crippen LogP) is 5.77. The molecule has 4 rings (SSSR count). The number of anilines is 1. The maximum atomic E-state index is 14.7. The normalized spacial score (nSPS) is 13.6. The summed E-state index contributed by atoms with van der Waals surface area (Å²) in [6, 6.07) is 9.16. The van der Waals surface area contributed by atoms with Gasteiger partial charge in [0.25, 0.3) is 5.69 Å². The molecule has 2 heterocycles. The van der Waals surface area contributed by atoms with Gasteiger partial charge in [0.2, 0.25) is 0 Å². The molecule has 2 aromatic carbocycles. The Hall–Kier alpha value is -3.94. The largest absolute Gasteiger partial charge is 0.462 e. The molecule has 1 fully saturated rings. The lowest BCUT2D eigenvalue weighted by atomic mass is 10.0. The average molecular weight is 590 g/mol. The fraction of sp³-hybridized carbons (Fsp3) is 0.357. The molecule has 0 bridgehead atoms. The number of thiophene rings is 1. The second-order valence-corrected chi connectivity index (χ2v) is 9.99. The highest BCUT2D eigenvalue weighted by Crippen LogP contribution is 2.44. The number of benzene rings is 2. The Bertz CT molecular complexity index is 1390. The summed E-state index contributed by atoms with van der Waals surface area (Å²) in [6.45, 7) is 5.09. The Kier molecular flexibility index (Phi) is 9.97. The van der Waals surface area contributed by atoms with Gasteiger partial charge in [-0.2, -0.15) is 0 Å². The summed E-state index contributed by atoms with van der Waals surface area (Å²) in [5.74, 6) is -2.45. The van der Waals surface area contributed by atoms with Gasteiger partial charge in [-0.15, -0.1) is 11.3 Å². The highest BCUT2D eigenvalue weighted by atomic mass is 32.1. The molecule has 41 heavy (non-hydrogen) atoms. The fourth-order valence-electron chi connectivity index (χ4n) is 4.42. The maximum absolute atomic E-state index is 14.7. The molecule has 0 unspecified atom stereocenters. The number of rotatable bonds is 10. The molecule has 1 aromatic heterocycles. The molecular weight excluding hydrogens is 560 g/mol. The third kappa shape index (κ3) is 6.87. The maximum Gasteiger partial charge on any atom is 0.415 e. The first-order valence-electron chi connectivity index (χ1n) is 13.0. The second kappa shape index (κ2) is 13.6. The van der Waals surface area contributed by atoms with Crippen LogP contribution in [0.25, 0.3) is 10.4 Å². The molecule has 0 N–H and O–H groups in total. The Morgan fingerprint density at radius 1 is 1.02 bits per heavy atom. The van der Waals surface area contributed by atoms with Crippen molar-refractivity contribution in [3.63, 3.8) is 0 Å². The van der Waals surface area contributed by atoms with Gasteiger partial charge >= 0.3 is 12.1 Å². The molecule has 3 aromatic rings. The highest BCUT2D eigenvalue weighted by molar-refractivity contribution is 7.20. The van der Waals surface area contributed by atoms with Crippen LogP contribution in [-0.2, 0) is 27.3 Å². The fourth-order valence-corrected chi connectivity index (χ4v) is 5.71. The molecule has 13 heteroatoms. The molecule has 0 aliphatic carbocycles. The second-order valence-electron chi connectivity index (χ2n) is 8.99. The van der Waals surface area contributed by atoms with Crippen LogP contribution in [0.3, 0.4) is 0 Å². The van der Waals surface area contributed by atoms with Gasteiger partial charge in [-0.3, -0.25) is 19.9 Å². The minimum absolute atomic E-state index is 0.0228. The van der Waals surface area contributed by atoms with Crippen molar-refractivity contribution < 1.29 is 37.5 Å². The van der Waals surface area contributed by atoms with Gasteiger partial charge < -0.3 is 14.2 Å². The SMILES string of the molecule is CCOC(=O)c1c(N(Cc2c(F)cccc2F)C(=O)OCC)sc(-c2ccc([N+](=O)[O-])cc2)c1CN1CCOCC1. The van der Waals surface area contributed by atoms with Crippen LogP contribution in [0.4, 0.5) is 24.3 Å². The molecule has 1 aliphatic rings. The first-order chi connectivity index (χ1) is 19.7. The van der Waals surface area contributed by atoms with E-state index in [1.54, 1.807) is 26.0 Å². The van der Waals surface area contributed by atoms with E-state index in [0.29, 0.717) is 42.3 Å². The first kappa shape index (κ1) is 30.0. The zero-order valence-electron chi connectivity index (χ0n) is 22.6. The molecule has 0 spiro atoms. The monoisotopic (exact) mass is 589 g/mol. The summed E-state index contributed by atoms with van der Waals surface area (Å²) >= 11 is 1.04. The molecule has 1 aliphatic heterocycles. The van der Waals surface area contributed by atoms with Crippen molar-refractivity contribution in [3.8, 4) is 10.4 Å². The molecular formula is C28H29F2N3O7S. The number of non-ortho nitro benzene ring substituents is 1. The summed E-state index contributed by atoms with van der Waals surface area (Å²) in [5, 5.41) is 11.3. The summed E-state index contributed by atoms with van der Waals surface area (Å²) in [4.78, 5) is 41.2. The molecule has 1 amide bonds. The summed E-state index contributed by atoms with van der Waals surface area (Å²) < 4.78 is 45.6. The van der Waals surface area contributed by atoms with Crippen molar-refractivity contribution in [3.05, 3.63) is 80.9 Å². The van der Waals surface area contributed by atoms with E-state index >= 15 is 0 Å². The van der Waals surface area contributed by atoms with Crippen molar-refractivity contribution in [2.75, 3.05) is 44.4 Å². The number of halogens is 2. The van der Waals surface area contributed by atoms with Gasteiger partial charge in [-0.05, 0) is 43.7 Å². The van der Waals surface area contributed by atoms with Gasteiger partial charge in [0.05, 0.1) is 43.5 Å². The number of carbonyl (C=O) groups is 2. The van der Waals surface area contributed by atoms with Crippen LogP contribution in [0.5, 0.6) is 0 Å². The van der Waals surface area contributed by atoms with Crippen molar-refractivity contribution >= 4 is 34.1 Å². The van der Waals surface area contributed by atoms with Gasteiger partial charge in [-0.25, -0.2) is 18.4 Å². The third-order valence-corrected chi connectivity index (χ3v) is 7.71. The number of amides is 1. The van der Waals surface area contributed by atoms with Gasteiger partial charge in [-0.1, -0.05) is 6.07 Å². The van der Waals surface area contributed by atoms with E-state index in [1.165, 1.54) is 18.2 Å². The number of ether oxygens (including phenoxy) is 3. The highest BCUT2D eigenvalue weighted by Gasteiger charge is 2.34. The smallest absolute Gasteiger partial charge is 0.415 e. The van der Waals surface area contributed by atoms with Gasteiger partial charge in [0.15, 0.2) is 0 Å². The molecule has 1 saturated heterocycles. The first-order valence-corrected chi connectivity index (χ1v) is 13.8. The van der Waals surface area contributed by atoms with Gasteiger partial charge in [0.1, 0.15) is 16.6 Å². The number of hydrogen-bond donors (Lipinski definition) is 0. The lowest BCUT2D eigenvalue weighted by Crippen LogP contribution is -2.36. The van der Waals surface area contributed by atoms with Crippen LogP contribution in [0.1, 0.15) is 35.3 Å². The number of nitrogens with zero attached hydrogens (tertiary/aromatic N) is 3. The Balaban J connectivity index is 1.94. The van der Waals surface area contributed by atoms with E-state index in [2.05, 4.69) is 4.90 Å². The van der Waals surface area contributed by atoms with E-state index in [4.69, 9.17) is 14.2 Å². The Morgan fingerprint density at radius 3 is 2.24 bits per heavy atom. The standard InChI is InChI=1S/C28H29F2N3O7S/c1-3-39-27(34)24-21(16-31-12-14-38-15-13-31)25(18-8-10-19(11-9-18)33(36)37)41-26(24)32(28(35)40-4-2)17-20-22(29)6-5-7-23(20)30/h5-11H,3-4,12-17H2,1-2H3. The number of hydrogen-bond acceptors (Lipinski definition) is 9. The predicted molar refractivity (Wildman–Crippen MR) is 148 cm³/mol. The van der Waals surface area contributed by atoms with Gasteiger partial charge in [0, 0.05) is 47.8 Å². The van der Waals surface area contributed by atoms with Crippen LogP contribution in [0, 0.1) is 21.7 Å². The molecule has 218 valence electrons. The topological polar surface area (TPSA) is 111 Å². The molecule has 0 saturated carbocycles. The van der Waals surface area contributed by atoms with E-state index < -0.39 is 35.2 Å². The van der Waals surface area contributed by atoms with E-state index in [-0.39, 0.29) is 41.6 Å². The Labute approximate surface area is 239 Å². The van der Waals surface area contributed by atoms with E-state index in [0.717, 1.165) is 28.4 Å². The van der Waals surface area contributed by atoms with Crippen molar-refractivity contribution in [2.45, 2.75) is 26.9 Å². The minimum Gasteiger partial charge on any atom is -0.462 e. The summed E-state index contributed by atoms with van der Waals surface area (Å²) in [6.07, 6.45) is -0.907. The number of nitro benzene ring substituents is 1. The van der Waals surface area contributed by atoms with Crippen LogP contribution in [-0.4, -0.2) is 61.4 Å². The number of morpholine rings is 1. The van der Waals surface area contributed by atoms with Crippen molar-refractivity contribution in [2.24, 2.45) is 0 Å². The van der Waals surface area contributed by atoms with E-state index in [9.17, 15) is 28.5 Å². The minimum atomic E-state index is -0.907.